The molecular formula is C23H27FN4O3S. The Morgan fingerprint density at radius 2 is 1.88 bits per heavy atom. The minimum Gasteiger partial charge on any atom is -0.386 e. The molecule has 0 bridgehead atoms. The van der Waals surface area contributed by atoms with Crippen molar-refractivity contribution >= 4 is 21.5 Å². The van der Waals surface area contributed by atoms with Gasteiger partial charge >= 0.3 is 0 Å². The van der Waals surface area contributed by atoms with Crippen molar-refractivity contribution in [1.29, 1.82) is 0 Å². The van der Waals surface area contributed by atoms with Gasteiger partial charge in [-0.1, -0.05) is 25.3 Å². The number of halogens is 1. The first-order chi connectivity index (χ1) is 15.1. The van der Waals surface area contributed by atoms with Crippen LogP contribution in [0.5, 0.6) is 0 Å². The molecule has 1 atom stereocenters. The van der Waals surface area contributed by atoms with Crippen molar-refractivity contribution in [3.63, 3.8) is 0 Å². The van der Waals surface area contributed by atoms with Gasteiger partial charge in [0.25, 0.3) is 0 Å². The van der Waals surface area contributed by atoms with Crippen LogP contribution in [-0.4, -0.2) is 40.5 Å². The van der Waals surface area contributed by atoms with Crippen LogP contribution in [0.2, 0.25) is 0 Å². The highest BCUT2D eigenvalue weighted by molar-refractivity contribution is 7.93. The predicted molar refractivity (Wildman–Crippen MR) is 120 cm³/mol. The molecule has 0 unspecified atom stereocenters. The maximum Gasteiger partial charge on any atom is 0.187 e. The summed E-state index contributed by atoms with van der Waals surface area (Å²) in [5.41, 5.74) is 6.48. The van der Waals surface area contributed by atoms with Crippen LogP contribution in [0.25, 0.3) is 0 Å². The van der Waals surface area contributed by atoms with Crippen LogP contribution in [0.15, 0.2) is 35.6 Å². The SMILES string of the molecule is Cc1cnc(C(=O)Cc2ccc(F)c([C@]3(C)CS(=O)(=O)C4(CCCCC4)C(N)=N3)c2)cn1. The molecule has 0 saturated heterocycles. The third-order valence-electron chi connectivity index (χ3n) is 6.60. The highest BCUT2D eigenvalue weighted by atomic mass is 32.2. The fourth-order valence-electron chi connectivity index (χ4n) is 4.80. The molecule has 2 aliphatic rings. The Labute approximate surface area is 187 Å². The molecular weight excluding hydrogens is 431 g/mol. The summed E-state index contributed by atoms with van der Waals surface area (Å²) in [5.74, 6) is -1.09. The number of nitrogens with two attached hydrogens (primary N) is 1. The van der Waals surface area contributed by atoms with Crippen molar-refractivity contribution < 1.29 is 17.6 Å². The molecule has 2 aromatic rings. The number of aromatic nitrogens is 2. The number of hydrogen-bond donors (Lipinski definition) is 1. The molecule has 1 spiro atoms. The number of nitrogens with zero attached hydrogens (tertiary/aromatic N) is 3. The number of amidine groups is 1. The summed E-state index contributed by atoms with van der Waals surface area (Å²) < 4.78 is 40.5. The first-order valence-electron chi connectivity index (χ1n) is 10.8. The van der Waals surface area contributed by atoms with Gasteiger partial charge in [0, 0.05) is 18.2 Å². The lowest BCUT2D eigenvalue weighted by atomic mass is 9.85. The third kappa shape index (κ3) is 3.83. The molecule has 1 aromatic heterocycles. The van der Waals surface area contributed by atoms with E-state index >= 15 is 0 Å². The summed E-state index contributed by atoms with van der Waals surface area (Å²) in [6.45, 7) is 3.36. The minimum absolute atomic E-state index is 0.0169. The Morgan fingerprint density at radius 1 is 1.16 bits per heavy atom. The van der Waals surface area contributed by atoms with E-state index in [4.69, 9.17) is 5.73 Å². The molecule has 1 aliphatic carbocycles. The molecule has 1 aromatic carbocycles. The van der Waals surface area contributed by atoms with Crippen molar-refractivity contribution in [2.45, 2.75) is 62.7 Å². The first-order valence-corrected chi connectivity index (χ1v) is 12.4. The highest BCUT2D eigenvalue weighted by Gasteiger charge is 2.55. The summed E-state index contributed by atoms with van der Waals surface area (Å²) >= 11 is 0. The van der Waals surface area contributed by atoms with Crippen molar-refractivity contribution in [3.05, 3.63) is 58.9 Å². The Morgan fingerprint density at radius 3 is 2.50 bits per heavy atom. The maximum atomic E-state index is 14.9. The molecule has 2 N–H and O–H groups in total. The average Bonchev–Trinajstić information content (AvgIpc) is 2.74. The van der Waals surface area contributed by atoms with Crippen LogP contribution in [0, 0.1) is 12.7 Å². The van der Waals surface area contributed by atoms with Crippen LogP contribution >= 0.6 is 0 Å². The largest absolute Gasteiger partial charge is 0.386 e. The van der Waals surface area contributed by atoms with E-state index in [-0.39, 0.29) is 35.0 Å². The van der Waals surface area contributed by atoms with Crippen LogP contribution in [-0.2, 0) is 21.8 Å². The van der Waals surface area contributed by atoms with Crippen LogP contribution in [0.4, 0.5) is 4.39 Å². The Hall–Kier alpha value is -2.68. The summed E-state index contributed by atoms with van der Waals surface area (Å²) in [4.78, 5) is 25.3. The summed E-state index contributed by atoms with van der Waals surface area (Å²) in [6.07, 6.45) is 6.33. The zero-order valence-electron chi connectivity index (χ0n) is 18.3. The minimum atomic E-state index is -3.66. The van der Waals surface area contributed by atoms with E-state index in [9.17, 15) is 17.6 Å². The molecule has 1 aliphatic heterocycles. The van der Waals surface area contributed by atoms with Gasteiger partial charge in [-0.25, -0.2) is 17.8 Å². The first kappa shape index (κ1) is 22.5. The van der Waals surface area contributed by atoms with Gasteiger partial charge in [0.2, 0.25) is 0 Å². The number of carbonyl (C=O) groups is 1. The standard InChI is InChI=1S/C23H27FN4O3S/c1-15-12-27-19(13-26-15)20(29)11-16-6-7-18(24)17(10-16)22(2)14-32(30,31)23(21(25)28-22)8-4-3-5-9-23/h6-7,10,12-13H,3-5,8-9,11,14H2,1-2H3,(H2,25,28)/t22-/m0/s1. The lowest BCUT2D eigenvalue weighted by Crippen LogP contribution is -2.59. The predicted octanol–water partition coefficient (Wildman–Crippen LogP) is 3.05. The van der Waals surface area contributed by atoms with Crippen LogP contribution in [0.1, 0.15) is 66.3 Å². The van der Waals surface area contributed by atoms with Crippen molar-refractivity contribution in [1.82, 2.24) is 9.97 Å². The molecule has 9 heteroatoms. The molecule has 1 fully saturated rings. The van der Waals surface area contributed by atoms with Gasteiger partial charge in [-0.15, -0.1) is 0 Å². The fraction of sp³-hybridized carbons (Fsp3) is 0.478. The fourth-order valence-corrected chi connectivity index (χ4v) is 7.31. The number of aliphatic imine (C=N–C) groups is 1. The smallest absolute Gasteiger partial charge is 0.187 e. The van der Waals surface area contributed by atoms with Gasteiger partial charge in [0.05, 0.1) is 17.6 Å². The molecule has 0 radical (unpaired) electrons. The van der Waals surface area contributed by atoms with E-state index in [0.29, 0.717) is 24.1 Å². The summed E-state index contributed by atoms with van der Waals surface area (Å²) in [7, 11) is -3.66. The summed E-state index contributed by atoms with van der Waals surface area (Å²) in [5, 5.41) is 0. The van der Waals surface area contributed by atoms with E-state index in [1.165, 1.54) is 30.6 Å². The normalized spacial score (nSPS) is 24.2. The molecule has 0 amide bonds. The van der Waals surface area contributed by atoms with Gasteiger partial charge in [-0.05, 0) is 44.4 Å². The second-order valence-electron chi connectivity index (χ2n) is 9.04. The van der Waals surface area contributed by atoms with Crippen molar-refractivity contribution in [2.24, 2.45) is 10.7 Å². The lowest BCUT2D eigenvalue weighted by molar-refractivity contribution is 0.0987. The van der Waals surface area contributed by atoms with E-state index in [2.05, 4.69) is 15.0 Å². The molecule has 1 saturated carbocycles. The maximum absolute atomic E-state index is 14.9. The van der Waals surface area contributed by atoms with Gasteiger partial charge < -0.3 is 5.73 Å². The Kier molecular flexibility index (Phi) is 5.65. The number of carbonyl (C=O) groups excluding carboxylic acids is 1. The Bertz CT molecular complexity index is 1190. The average molecular weight is 459 g/mol. The van der Waals surface area contributed by atoms with Gasteiger partial charge in [0.15, 0.2) is 15.6 Å². The van der Waals surface area contributed by atoms with Gasteiger partial charge in [-0.2, -0.15) is 0 Å². The number of ketones is 1. The van der Waals surface area contributed by atoms with E-state index in [1.54, 1.807) is 13.8 Å². The molecule has 4 rings (SSSR count). The lowest BCUT2D eigenvalue weighted by Gasteiger charge is -2.43. The van der Waals surface area contributed by atoms with E-state index in [0.717, 1.165) is 19.3 Å². The van der Waals surface area contributed by atoms with Crippen molar-refractivity contribution in [2.75, 3.05) is 5.75 Å². The molecule has 32 heavy (non-hydrogen) atoms. The van der Waals surface area contributed by atoms with Crippen LogP contribution < -0.4 is 5.73 Å². The number of benzene rings is 1. The number of rotatable bonds is 4. The van der Waals surface area contributed by atoms with E-state index < -0.39 is 25.9 Å². The molecule has 7 nitrogen and oxygen atoms in total. The molecule has 2 heterocycles. The number of Topliss-reactive ketones (excluding diaryl/α,β-unsaturated/α-hetero) is 1. The quantitative estimate of drug-likeness (QED) is 0.704. The third-order valence-corrected chi connectivity index (χ3v) is 9.35. The number of hydrogen-bond acceptors (Lipinski definition) is 7. The Balaban J connectivity index is 1.69. The zero-order valence-corrected chi connectivity index (χ0v) is 19.1. The highest BCUT2D eigenvalue weighted by Crippen LogP contribution is 2.44. The van der Waals surface area contributed by atoms with Crippen LogP contribution in [0.3, 0.4) is 0 Å². The van der Waals surface area contributed by atoms with Gasteiger partial charge in [0.1, 0.15) is 27.6 Å². The number of aryl methyl sites for hydroxylation is 1. The zero-order chi connectivity index (χ0) is 23.1. The van der Waals surface area contributed by atoms with Crippen molar-refractivity contribution in [3.8, 4) is 0 Å². The topological polar surface area (TPSA) is 115 Å². The van der Waals surface area contributed by atoms with Gasteiger partial charge in [-0.3, -0.25) is 14.8 Å². The summed E-state index contributed by atoms with van der Waals surface area (Å²) in [6, 6.07) is 4.27. The second-order valence-corrected chi connectivity index (χ2v) is 11.3. The monoisotopic (exact) mass is 458 g/mol. The van der Waals surface area contributed by atoms with E-state index in [1.807, 2.05) is 0 Å². The second kappa shape index (κ2) is 8.03. The molecule has 170 valence electrons. The number of sulfone groups is 1.